The molecule has 0 radical (unpaired) electrons. The van der Waals surface area contributed by atoms with Gasteiger partial charge < -0.3 is 10.6 Å². The summed E-state index contributed by atoms with van der Waals surface area (Å²) in [5.74, 6) is 0.517. The Balaban J connectivity index is 1.81. The van der Waals surface area contributed by atoms with Crippen LogP contribution in [0.15, 0.2) is 12.7 Å². The van der Waals surface area contributed by atoms with Gasteiger partial charge in [0.1, 0.15) is 0 Å². The van der Waals surface area contributed by atoms with Crippen LogP contribution in [0.4, 0.5) is 0 Å². The van der Waals surface area contributed by atoms with Crippen LogP contribution < -0.4 is 5.73 Å². The van der Waals surface area contributed by atoms with Crippen LogP contribution in [-0.4, -0.2) is 54.5 Å². The van der Waals surface area contributed by atoms with E-state index in [1.165, 1.54) is 0 Å². The molecule has 2 rings (SSSR count). The Labute approximate surface area is 110 Å². The van der Waals surface area contributed by atoms with Gasteiger partial charge >= 0.3 is 0 Å². The minimum absolute atomic E-state index is 0.180. The van der Waals surface area contributed by atoms with Gasteiger partial charge in [0.15, 0.2) is 0 Å². The van der Waals surface area contributed by atoms with Crippen LogP contribution in [0.2, 0.25) is 0 Å². The first kappa shape index (κ1) is 13.6. The maximum Gasteiger partial charge on any atom is 0.225 e. The van der Waals surface area contributed by atoms with Crippen molar-refractivity contribution < 1.29 is 4.79 Å². The third-order valence-corrected chi connectivity index (χ3v) is 4.14. The highest BCUT2D eigenvalue weighted by atomic mass is 16.2. The fraction of sp³-hybridized carbons (Fsp3) is 0.786. The van der Waals surface area contributed by atoms with E-state index in [1.807, 2.05) is 11.0 Å². The molecule has 1 saturated carbocycles. The van der Waals surface area contributed by atoms with Gasteiger partial charge in [-0.15, -0.1) is 6.58 Å². The van der Waals surface area contributed by atoms with Crippen molar-refractivity contribution in [3.8, 4) is 0 Å². The SMILES string of the molecule is C=CCN1CCN(C(=O)C2CCCC(N)C2)CC1. The molecule has 2 N–H and O–H groups in total. The summed E-state index contributed by atoms with van der Waals surface area (Å²) >= 11 is 0. The molecule has 1 aliphatic carbocycles. The molecule has 0 aromatic heterocycles. The standard InChI is InChI=1S/C14H25N3O/c1-2-6-16-7-9-17(10-8-16)14(18)12-4-3-5-13(15)11-12/h2,12-13H,1,3-11,15H2. The number of hydrogen-bond acceptors (Lipinski definition) is 3. The lowest BCUT2D eigenvalue weighted by Crippen LogP contribution is -2.51. The number of rotatable bonds is 3. The quantitative estimate of drug-likeness (QED) is 0.756. The van der Waals surface area contributed by atoms with Crippen LogP contribution >= 0.6 is 0 Å². The summed E-state index contributed by atoms with van der Waals surface area (Å²) in [6, 6.07) is 0.231. The zero-order valence-corrected chi connectivity index (χ0v) is 11.2. The summed E-state index contributed by atoms with van der Waals surface area (Å²) in [5.41, 5.74) is 5.96. The van der Waals surface area contributed by atoms with Crippen molar-refractivity contribution in [1.29, 1.82) is 0 Å². The van der Waals surface area contributed by atoms with Gasteiger partial charge in [-0.2, -0.15) is 0 Å². The van der Waals surface area contributed by atoms with E-state index >= 15 is 0 Å². The number of nitrogens with zero attached hydrogens (tertiary/aromatic N) is 2. The lowest BCUT2D eigenvalue weighted by atomic mass is 9.85. The molecule has 2 fully saturated rings. The normalized spacial score (nSPS) is 30.2. The Hall–Kier alpha value is -0.870. The lowest BCUT2D eigenvalue weighted by molar-refractivity contribution is -0.138. The highest BCUT2D eigenvalue weighted by molar-refractivity contribution is 5.79. The fourth-order valence-corrected chi connectivity index (χ4v) is 3.04. The summed E-state index contributed by atoms with van der Waals surface area (Å²) in [4.78, 5) is 16.8. The minimum Gasteiger partial charge on any atom is -0.340 e. The van der Waals surface area contributed by atoms with Crippen molar-refractivity contribution in [2.75, 3.05) is 32.7 Å². The molecule has 4 nitrogen and oxygen atoms in total. The van der Waals surface area contributed by atoms with Gasteiger partial charge in [-0.05, 0) is 19.3 Å². The molecule has 0 aromatic rings. The van der Waals surface area contributed by atoms with Gasteiger partial charge in [-0.25, -0.2) is 0 Å². The predicted octanol–water partition coefficient (Wildman–Crippen LogP) is 0.834. The van der Waals surface area contributed by atoms with Gasteiger partial charge in [0.2, 0.25) is 5.91 Å². The van der Waals surface area contributed by atoms with Crippen LogP contribution in [0, 0.1) is 5.92 Å². The maximum absolute atomic E-state index is 12.4. The number of amides is 1. The molecular weight excluding hydrogens is 226 g/mol. The molecule has 1 heterocycles. The Morgan fingerprint density at radius 2 is 2.00 bits per heavy atom. The van der Waals surface area contributed by atoms with E-state index < -0.39 is 0 Å². The molecule has 4 heteroatoms. The van der Waals surface area contributed by atoms with Gasteiger partial charge in [-0.1, -0.05) is 12.5 Å². The summed E-state index contributed by atoms with van der Waals surface area (Å²) in [6.45, 7) is 8.34. The Kier molecular flexibility index (Phi) is 4.78. The molecular formula is C14H25N3O. The second-order valence-corrected chi connectivity index (χ2v) is 5.54. The first-order valence-electron chi connectivity index (χ1n) is 7.08. The third kappa shape index (κ3) is 3.33. The van der Waals surface area contributed by atoms with Gasteiger partial charge in [0.05, 0.1) is 0 Å². The van der Waals surface area contributed by atoms with Crippen LogP contribution in [-0.2, 0) is 4.79 Å². The minimum atomic E-state index is 0.180. The molecule has 2 aliphatic rings. The number of hydrogen-bond donors (Lipinski definition) is 1. The van der Waals surface area contributed by atoms with Crippen molar-refractivity contribution in [3.05, 3.63) is 12.7 Å². The summed E-state index contributed by atoms with van der Waals surface area (Å²) < 4.78 is 0. The van der Waals surface area contributed by atoms with Crippen molar-refractivity contribution in [2.45, 2.75) is 31.7 Å². The summed E-state index contributed by atoms with van der Waals surface area (Å²) in [6.07, 6.45) is 6.02. The molecule has 1 amide bonds. The van der Waals surface area contributed by atoms with E-state index in [0.29, 0.717) is 5.91 Å². The molecule has 1 saturated heterocycles. The van der Waals surface area contributed by atoms with Gasteiger partial charge in [0.25, 0.3) is 0 Å². The highest BCUT2D eigenvalue weighted by Crippen LogP contribution is 2.25. The molecule has 2 atom stereocenters. The zero-order chi connectivity index (χ0) is 13.0. The van der Waals surface area contributed by atoms with E-state index in [0.717, 1.165) is 58.4 Å². The first-order valence-corrected chi connectivity index (χ1v) is 7.08. The van der Waals surface area contributed by atoms with Crippen LogP contribution in [0.25, 0.3) is 0 Å². The number of carbonyl (C=O) groups is 1. The first-order chi connectivity index (χ1) is 8.70. The summed E-state index contributed by atoms with van der Waals surface area (Å²) in [7, 11) is 0. The average Bonchev–Trinajstić information content (AvgIpc) is 2.39. The van der Waals surface area contributed by atoms with Gasteiger partial charge in [-0.3, -0.25) is 9.69 Å². The lowest BCUT2D eigenvalue weighted by Gasteiger charge is -2.37. The molecule has 18 heavy (non-hydrogen) atoms. The largest absolute Gasteiger partial charge is 0.340 e. The average molecular weight is 251 g/mol. The predicted molar refractivity (Wildman–Crippen MR) is 73.2 cm³/mol. The van der Waals surface area contributed by atoms with E-state index in [9.17, 15) is 4.79 Å². The molecule has 0 bridgehead atoms. The topological polar surface area (TPSA) is 49.6 Å². The molecule has 102 valence electrons. The second kappa shape index (κ2) is 6.34. The van der Waals surface area contributed by atoms with E-state index in [1.54, 1.807) is 0 Å². The fourth-order valence-electron chi connectivity index (χ4n) is 3.04. The third-order valence-electron chi connectivity index (χ3n) is 4.14. The van der Waals surface area contributed by atoms with Crippen molar-refractivity contribution in [3.63, 3.8) is 0 Å². The maximum atomic E-state index is 12.4. The number of carbonyl (C=O) groups excluding carboxylic acids is 1. The Bertz CT molecular complexity index is 297. The van der Waals surface area contributed by atoms with E-state index in [4.69, 9.17) is 5.73 Å². The van der Waals surface area contributed by atoms with E-state index in [-0.39, 0.29) is 12.0 Å². The zero-order valence-electron chi connectivity index (χ0n) is 11.2. The number of piperazine rings is 1. The molecule has 2 unspecified atom stereocenters. The number of nitrogens with two attached hydrogens (primary N) is 1. The van der Waals surface area contributed by atoms with Crippen molar-refractivity contribution in [2.24, 2.45) is 11.7 Å². The van der Waals surface area contributed by atoms with Crippen molar-refractivity contribution >= 4 is 5.91 Å². The Morgan fingerprint density at radius 1 is 1.28 bits per heavy atom. The second-order valence-electron chi connectivity index (χ2n) is 5.54. The van der Waals surface area contributed by atoms with Crippen molar-refractivity contribution in [1.82, 2.24) is 9.80 Å². The molecule has 0 aromatic carbocycles. The molecule has 0 spiro atoms. The van der Waals surface area contributed by atoms with Crippen LogP contribution in [0.1, 0.15) is 25.7 Å². The van der Waals surface area contributed by atoms with Crippen LogP contribution in [0.3, 0.4) is 0 Å². The van der Waals surface area contributed by atoms with Gasteiger partial charge in [0, 0.05) is 44.7 Å². The molecule has 1 aliphatic heterocycles. The van der Waals surface area contributed by atoms with E-state index in [2.05, 4.69) is 11.5 Å². The monoisotopic (exact) mass is 251 g/mol. The smallest absolute Gasteiger partial charge is 0.225 e. The highest BCUT2D eigenvalue weighted by Gasteiger charge is 2.30. The summed E-state index contributed by atoms with van der Waals surface area (Å²) in [5, 5.41) is 0. The Morgan fingerprint density at radius 3 is 2.61 bits per heavy atom. The van der Waals surface area contributed by atoms with Crippen LogP contribution in [0.5, 0.6) is 0 Å².